The number of methoxy groups -OCH3 is 1. The summed E-state index contributed by atoms with van der Waals surface area (Å²) in [6.45, 7) is 0.392. The summed E-state index contributed by atoms with van der Waals surface area (Å²) in [5.41, 5.74) is 1.85. The summed E-state index contributed by atoms with van der Waals surface area (Å²) < 4.78 is 5.22. The minimum absolute atomic E-state index is 0.163. The maximum atomic E-state index is 9.44. The molecule has 2 aromatic rings. The molecule has 0 aromatic heterocycles. The number of phenols is 2. The van der Waals surface area contributed by atoms with Gasteiger partial charge in [-0.25, -0.2) is 0 Å². The van der Waals surface area contributed by atoms with Crippen LogP contribution in [0, 0.1) is 11.3 Å². The van der Waals surface area contributed by atoms with Gasteiger partial charge in [-0.1, -0.05) is 12.1 Å². The molecule has 0 unspecified atom stereocenters. The van der Waals surface area contributed by atoms with Crippen molar-refractivity contribution in [3.05, 3.63) is 47.5 Å². The van der Waals surface area contributed by atoms with E-state index < -0.39 is 0 Å². The van der Waals surface area contributed by atoms with Crippen LogP contribution in [-0.2, 0) is 6.54 Å². The first-order valence-electron chi connectivity index (χ1n) is 5.97. The molecule has 0 saturated heterocycles. The van der Waals surface area contributed by atoms with Crippen LogP contribution in [0.5, 0.6) is 17.2 Å². The third-order valence-electron chi connectivity index (χ3n) is 2.88. The van der Waals surface area contributed by atoms with Gasteiger partial charge in [0, 0.05) is 6.54 Å². The summed E-state index contributed by atoms with van der Waals surface area (Å²) in [4.78, 5) is 0. The third kappa shape index (κ3) is 2.75. The van der Waals surface area contributed by atoms with Gasteiger partial charge in [-0.15, -0.1) is 0 Å². The second kappa shape index (κ2) is 5.85. The first-order chi connectivity index (χ1) is 9.65. The molecular weight excluding hydrogens is 256 g/mol. The Bertz CT molecular complexity index is 663. The molecule has 2 rings (SSSR count). The number of anilines is 1. The highest BCUT2D eigenvalue weighted by Gasteiger charge is 2.09. The van der Waals surface area contributed by atoms with Gasteiger partial charge in [-0.05, 0) is 29.8 Å². The van der Waals surface area contributed by atoms with Crippen molar-refractivity contribution in [2.75, 3.05) is 12.4 Å². The zero-order valence-electron chi connectivity index (χ0n) is 10.9. The molecule has 0 amide bonds. The highest BCUT2D eigenvalue weighted by atomic mass is 16.5. The number of benzene rings is 2. The van der Waals surface area contributed by atoms with E-state index >= 15 is 0 Å². The van der Waals surface area contributed by atoms with E-state index in [1.807, 2.05) is 0 Å². The summed E-state index contributed by atoms with van der Waals surface area (Å²) in [6, 6.07) is 11.9. The zero-order valence-corrected chi connectivity index (χ0v) is 10.9. The van der Waals surface area contributed by atoms with Crippen LogP contribution in [0.3, 0.4) is 0 Å². The quantitative estimate of drug-likeness (QED) is 0.743. The smallest absolute Gasteiger partial charge is 0.157 e. The van der Waals surface area contributed by atoms with Crippen LogP contribution in [-0.4, -0.2) is 17.3 Å². The summed E-state index contributed by atoms with van der Waals surface area (Å²) in [6.07, 6.45) is 0. The van der Waals surface area contributed by atoms with Crippen LogP contribution in [0.25, 0.3) is 0 Å². The minimum atomic E-state index is -0.176. The van der Waals surface area contributed by atoms with E-state index in [-0.39, 0.29) is 11.5 Å². The van der Waals surface area contributed by atoms with E-state index in [1.165, 1.54) is 19.2 Å². The molecule has 5 heteroatoms. The number of ether oxygens (including phenoxy) is 1. The van der Waals surface area contributed by atoms with Gasteiger partial charge < -0.3 is 20.3 Å². The number of phenolic OH excluding ortho intramolecular Hbond substituents is 2. The summed E-state index contributed by atoms with van der Waals surface area (Å²) in [5, 5.41) is 30.9. The molecule has 3 N–H and O–H groups in total. The lowest BCUT2D eigenvalue weighted by molar-refractivity contribution is 0.403. The number of aromatic hydroxyl groups is 2. The third-order valence-corrected chi connectivity index (χ3v) is 2.88. The molecule has 0 aliphatic carbocycles. The molecule has 0 saturated carbocycles. The Morgan fingerprint density at radius 2 is 2.00 bits per heavy atom. The van der Waals surface area contributed by atoms with Gasteiger partial charge >= 0.3 is 0 Å². The first kappa shape index (κ1) is 13.6. The van der Waals surface area contributed by atoms with Gasteiger partial charge in [0.05, 0.1) is 18.4 Å². The normalized spacial score (nSPS) is 9.80. The zero-order chi connectivity index (χ0) is 14.5. The van der Waals surface area contributed by atoms with Crippen LogP contribution < -0.4 is 10.1 Å². The second-order valence-corrected chi connectivity index (χ2v) is 4.17. The Labute approximate surface area is 116 Å². The van der Waals surface area contributed by atoms with Crippen LogP contribution >= 0.6 is 0 Å². The number of nitriles is 1. The van der Waals surface area contributed by atoms with E-state index in [0.29, 0.717) is 23.5 Å². The van der Waals surface area contributed by atoms with Gasteiger partial charge in [0.1, 0.15) is 11.8 Å². The van der Waals surface area contributed by atoms with Crippen molar-refractivity contribution in [1.29, 1.82) is 5.26 Å². The lowest BCUT2D eigenvalue weighted by atomic mass is 10.1. The fourth-order valence-electron chi connectivity index (χ4n) is 1.85. The van der Waals surface area contributed by atoms with Gasteiger partial charge in [-0.3, -0.25) is 0 Å². The molecule has 0 radical (unpaired) electrons. The van der Waals surface area contributed by atoms with E-state index in [1.54, 1.807) is 24.3 Å². The van der Waals surface area contributed by atoms with Crippen molar-refractivity contribution in [2.45, 2.75) is 6.54 Å². The SMILES string of the molecule is COc1cccc(C#N)c1NCc1ccc(O)c(O)c1. The van der Waals surface area contributed by atoms with E-state index in [9.17, 15) is 10.2 Å². The molecule has 0 aliphatic heterocycles. The number of hydrogen-bond donors (Lipinski definition) is 3. The van der Waals surface area contributed by atoms with Crippen molar-refractivity contribution < 1.29 is 14.9 Å². The Hall–Kier alpha value is -2.87. The largest absolute Gasteiger partial charge is 0.504 e. The standard InChI is InChI=1S/C15H14N2O3/c1-20-14-4-2-3-11(8-16)15(14)17-9-10-5-6-12(18)13(19)7-10/h2-7,17-19H,9H2,1H3. The maximum absolute atomic E-state index is 9.44. The number of hydrogen-bond acceptors (Lipinski definition) is 5. The Morgan fingerprint density at radius 1 is 1.20 bits per heavy atom. The highest BCUT2D eigenvalue weighted by molar-refractivity contribution is 5.66. The Morgan fingerprint density at radius 3 is 2.65 bits per heavy atom. The highest BCUT2D eigenvalue weighted by Crippen LogP contribution is 2.29. The van der Waals surface area contributed by atoms with Gasteiger partial charge in [0.15, 0.2) is 11.5 Å². The van der Waals surface area contributed by atoms with Crippen LogP contribution in [0.4, 0.5) is 5.69 Å². The second-order valence-electron chi connectivity index (χ2n) is 4.17. The molecule has 102 valence electrons. The topological polar surface area (TPSA) is 85.5 Å². The van der Waals surface area contributed by atoms with Gasteiger partial charge in [-0.2, -0.15) is 5.26 Å². The molecule has 5 nitrogen and oxygen atoms in total. The van der Waals surface area contributed by atoms with Crippen molar-refractivity contribution in [1.82, 2.24) is 0 Å². The number of para-hydroxylation sites is 1. The Kier molecular flexibility index (Phi) is 3.96. The molecular formula is C15H14N2O3. The average molecular weight is 270 g/mol. The van der Waals surface area contributed by atoms with Crippen molar-refractivity contribution in [3.63, 3.8) is 0 Å². The number of nitrogens with one attached hydrogen (secondary N) is 1. The van der Waals surface area contributed by atoms with Crippen molar-refractivity contribution in [2.24, 2.45) is 0 Å². The molecule has 20 heavy (non-hydrogen) atoms. The molecule has 0 fully saturated rings. The van der Waals surface area contributed by atoms with Crippen molar-refractivity contribution >= 4 is 5.69 Å². The molecule has 0 atom stereocenters. The summed E-state index contributed by atoms with van der Waals surface area (Å²) in [7, 11) is 1.54. The average Bonchev–Trinajstić information content (AvgIpc) is 2.48. The van der Waals surface area contributed by atoms with Gasteiger partial charge in [0.25, 0.3) is 0 Å². The lowest BCUT2D eigenvalue weighted by Gasteiger charge is -2.13. The predicted molar refractivity (Wildman–Crippen MR) is 74.8 cm³/mol. The van der Waals surface area contributed by atoms with E-state index in [2.05, 4.69) is 11.4 Å². The predicted octanol–water partition coefficient (Wildman–Crippen LogP) is 2.59. The van der Waals surface area contributed by atoms with Gasteiger partial charge in [0.2, 0.25) is 0 Å². The molecule has 0 heterocycles. The fourth-order valence-corrected chi connectivity index (χ4v) is 1.85. The molecule has 0 aliphatic rings. The summed E-state index contributed by atoms with van der Waals surface area (Å²) >= 11 is 0. The fraction of sp³-hybridized carbons (Fsp3) is 0.133. The maximum Gasteiger partial charge on any atom is 0.157 e. The molecule has 0 bridgehead atoms. The molecule has 2 aromatic carbocycles. The van der Waals surface area contributed by atoms with Crippen molar-refractivity contribution in [3.8, 4) is 23.3 Å². The Balaban J connectivity index is 2.22. The minimum Gasteiger partial charge on any atom is -0.504 e. The number of nitrogens with zero attached hydrogens (tertiary/aromatic N) is 1. The van der Waals surface area contributed by atoms with E-state index in [4.69, 9.17) is 10.00 Å². The van der Waals surface area contributed by atoms with Crippen LogP contribution in [0.15, 0.2) is 36.4 Å². The van der Waals surface area contributed by atoms with E-state index in [0.717, 1.165) is 5.56 Å². The van der Waals surface area contributed by atoms with Crippen LogP contribution in [0.1, 0.15) is 11.1 Å². The monoisotopic (exact) mass is 270 g/mol. The first-order valence-corrected chi connectivity index (χ1v) is 5.97. The lowest BCUT2D eigenvalue weighted by Crippen LogP contribution is -2.03. The number of rotatable bonds is 4. The molecule has 0 spiro atoms. The van der Waals surface area contributed by atoms with Crippen LogP contribution in [0.2, 0.25) is 0 Å². The summed E-state index contributed by atoms with van der Waals surface area (Å²) in [5.74, 6) is 0.237.